The molecule has 2 aromatic rings. The fraction of sp³-hybridized carbons (Fsp3) is 0.316. The van der Waals surface area contributed by atoms with E-state index < -0.39 is 0 Å². The van der Waals surface area contributed by atoms with Crippen molar-refractivity contribution in [1.29, 1.82) is 0 Å². The molecule has 1 aliphatic carbocycles. The quantitative estimate of drug-likeness (QED) is 0.892. The van der Waals surface area contributed by atoms with Gasteiger partial charge in [-0.25, -0.2) is 0 Å². The summed E-state index contributed by atoms with van der Waals surface area (Å²) in [4.78, 5) is 12.6. The molecule has 1 aliphatic rings. The summed E-state index contributed by atoms with van der Waals surface area (Å²) in [5.41, 5.74) is 1.69. The van der Waals surface area contributed by atoms with Crippen LogP contribution in [0.15, 0.2) is 48.5 Å². The minimum Gasteiger partial charge on any atom is -0.497 e. The van der Waals surface area contributed by atoms with E-state index >= 15 is 0 Å². The van der Waals surface area contributed by atoms with Gasteiger partial charge in [-0.05, 0) is 30.5 Å². The number of methoxy groups -OCH3 is 2. The van der Waals surface area contributed by atoms with E-state index in [1.807, 2.05) is 48.5 Å². The van der Waals surface area contributed by atoms with Crippen molar-refractivity contribution < 1.29 is 14.3 Å². The third kappa shape index (κ3) is 3.02. The Morgan fingerprint density at radius 2 is 1.83 bits per heavy atom. The molecular weight excluding hydrogens is 290 g/mol. The molecule has 1 amide bonds. The molecule has 0 radical (unpaired) electrons. The van der Waals surface area contributed by atoms with Gasteiger partial charge in [-0.3, -0.25) is 4.79 Å². The summed E-state index contributed by atoms with van der Waals surface area (Å²) in [6, 6.07) is 15.6. The fourth-order valence-electron chi connectivity index (χ4n) is 2.87. The van der Waals surface area contributed by atoms with Crippen molar-refractivity contribution in [3.05, 3.63) is 59.7 Å². The minimum atomic E-state index is -0.346. The van der Waals surface area contributed by atoms with Gasteiger partial charge in [0.05, 0.1) is 19.6 Å². The minimum absolute atomic E-state index is 0.0848. The summed E-state index contributed by atoms with van der Waals surface area (Å²) in [7, 11) is 3.24. The Balaban J connectivity index is 1.70. The lowest BCUT2D eigenvalue weighted by Gasteiger charge is -2.17. The van der Waals surface area contributed by atoms with Crippen molar-refractivity contribution in [2.24, 2.45) is 0 Å². The van der Waals surface area contributed by atoms with Crippen LogP contribution in [0.3, 0.4) is 0 Å². The summed E-state index contributed by atoms with van der Waals surface area (Å²) in [5, 5.41) is 3.05. The van der Waals surface area contributed by atoms with Crippen LogP contribution in [-0.4, -0.2) is 20.1 Å². The van der Waals surface area contributed by atoms with Gasteiger partial charge in [-0.1, -0.05) is 30.3 Å². The molecule has 3 rings (SSSR count). The molecule has 1 N–H and O–H groups in total. The maximum atomic E-state index is 12.6. The monoisotopic (exact) mass is 311 g/mol. The molecule has 0 unspecified atom stereocenters. The molecule has 2 aromatic carbocycles. The molecule has 0 aliphatic heterocycles. The molecular formula is C19H21NO3. The van der Waals surface area contributed by atoms with Crippen molar-refractivity contribution in [1.82, 2.24) is 5.32 Å². The van der Waals surface area contributed by atoms with Crippen LogP contribution in [-0.2, 0) is 16.8 Å². The number of carbonyl (C=O) groups excluding carboxylic acids is 1. The zero-order valence-corrected chi connectivity index (χ0v) is 13.5. The van der Waals surface area contributed by atoms with Crippen LogP contribution in [0.4, 0.5) is 0 Å². The average molecular weight is 311 g/mol. The van der Waals surface area contributed by atoms with Crippen molar-refractivity contribution in [3.8, 4) is 11.5 Å². The second-order valence-electron chi connectivity index (χ2n) is 5.81. The Morgan fingerprint density at radius 3 is 2.43 bits per heavy atom. The highest BCUT2D eigenvalue weighted by atomic mass is 16.5. The molecule has 0 bridgehead atoms. The van der Waals surface area contributed by atoms with E-state index in [-0.39, 0.29) is 11.3 Å². The van der Waals surface area contributed by atoms with Crippen LogP contribution in [0.25, 0.3) is 0 Å². The van der Waals surface area contributed by atoms with Crippen LogP contribution < -0.4 is 14.8 Å². The van der Waals surface area contributed by atoms with E-state index in [9.17, 15) is 4.79 Å². The third-order valence-electron chi connectivity index (χ3n) is 4.44. The Labute approximate surface area is 136 Å². The largest absolute Gasteiger partial charge is 0.497 e. The highest BCUT2D eigenvalue weighted by Crippen LogP contribution is 2.48. The molecule has 23 heavy (non-hydrogen) atoms. The number of benzene rings is 2. The van der Waals surface area contributed by atoms with Crippen molar-refractivity contribution in [2.75, 3.05) is 14.2 Å². The third-order valence-corrected chi connectivity index (χ3v) is 4.44. The maximum absolute atomic E-state index is 12.6. The van der Waals surface area contributed by atoms with Crippen molar-refractivity contribution in [2.45, 2.75) is 24.8 Å². The van der Waals surface area contributed by atoms with Crippen molar-refractivity contribution in [3.63, 3.8) is 0 Å². The summed E-state index contributed by atoms with van der Waals surface area (Å²) in [6.45, 7) is 0.445. The molecule has 4 nitrogen and oxygen atoms in total. The first kappa shape index (κ1) is 15.4. The van der Waals surface area contributed by atoms with Crippen molar-refractivity contribution >= 4 is 5.91 Å². The standard InChI is InChI=1S/C19H21NO3/c1-22-16-9-8-14(17(12-16)23-2)13-20-18(21)19(10-11-19)15-6-4-3-5-7-15/h3-9,12H,10-11,13H2,1-2H3,(H,20,21). The Kier molecular flexibility index (Phi) is 4.24. The number of nitrogens with one attached hydrogen (secondary N) is 1. The fourth-order valence-corrected chi connectivity index (χ4v) is 2.87. The van der Waals surface area contributed by atoms with Crippen LogP contribution in [0.5, 0.6) is 11.5 Å². The van der Waals surface area contributed by atoms with E-state index in [2.05, 4.69) is 5.32 Å². The van der Waals surface area contributed by atoms with E-state index in [1.54, 1.807) is 14.2 Å². The van der Waals surface area contributed by atoms with Gasteiger partial charge in [0.25, 0.3) is 0 Å². The van der Waals surface area contributed by atoms with Gasteiger partial charge in [0.1, 0.15) is 11.5 Å². The van der Waals surface area contributed by atoms with Crippen LogP contribution >= 0.6 is 0 Å². The molecule has 4 heteroatoms. The van der Waals surface area contributed by atoms with Crippen LogP contribution in [0.2, 0.25) is 0 Å². The first-order chi connectivity index (χ1) is 11.2. The average Bonchev–Trinajstić information content (AvgIpc) is 3.42. The first-order valence-electron chi connectivity index (χ1n) is 7.74. The maximum Gasteiger partial charge on any atom is 0.230 e. The van der Waals surface area contributed by atoms with Gasteiger partial charge in [0.15, 0.2) is 0 Å². The van der Waals surface area contributed by atoms with Gasteiger partial charge in [0, 0.05) is 18.2 Å². The summed E-state index contributed by atoms with van der Waals surface area (Å²) >= 11 is 0. The molecule has 120 valence electrons. The molecule has 0 atom stereocenters. The van der Waals surface area contributed by atoms with Gasteiger partial charge in [-0.15, -0.1) is 0 Å². The first-order valence-corrected chi connectivity index (χ1v) is 7.74. The number of hydrogen-bond donors (Lipinski definition) is 1. The SMILES string of the molecule is COc1ccc(CNC(=O)C2(c3ccccc3)CC2)c(OC)c1. The van der Waals surface area contributed by atoms with Gasteiger partial charge < -0.3 is 14.8 Å². The van der Waals surface area contributed by atoms with Gasteiger partial charge >= 0.3 is 0 Å². The van der Waals surface area contributed by atoms with Gasteiger partial charge in [0.2, 0.25) is 5.91 Å². The van der Waals surface area contributed by atoms with Gasteiger partial charge in [-0.2, -0.15) is 0 Å². The zero-order chi connectivity index (χ0) is 16.3. The lowest BCUT2D eigenvalue weighted by molar-refractivity contribution is -0.123. The molecule has 0 spiro atoms. The molecule has 1 fully saturated rings. The lowest BCUT2D eigenvalue weighted by Crippen LogP contribution is -2.34. The molecule has 0 heterocycles. The second kappa shape index (κ2) is 6.32. The van der Waals surface area contributed by atoms with E-state index in [4.69, 9.17) is 9.47 Å². The number of carbonyl (C=O) groups is 1. The van der Waals surface area contributed by atoms with E-state index in [0.29, 0.717) is 12.3 Å². The Morgan fingerprint density at radius 1 is 1.09 bits per heavy atom. The molecule has 0 saturated heterocycles. The predicted octanol–water partition coefficient (Wildman–Crippen LogP) is 3.05. The summed E-state index contributed by atoms with van der Waals surface area (Å²) < 4.78 is 10.6. The van der Waals surface area contributed by atoms with Crippen LogP contribution in [0.1, 0.15) is 24.0 Å². The Bertz CT molecular complexity index is 693. The normalized spacial score (nSPS) is 14.9. The second-order valence-corrected chi connectivity index (χ2v) is 5.81. The lowest BCUT2D eigenvalue weighted by atomic mass is 9.95. The Hall–Kier alpha value is -2.49. The number of rotatable bonds is 6. The summed E-state index contributed by atoms with van der Waals surface area (Å²) in [5.74, 6) is 1.54. The molecule has 1 saturated carbocycles. The molecule has 0 aromatic heterocycles. The van der Waals surface area contributed by atoms with Crippen LogP contribution in [0, 0.1) is 0 Å². The number of amides is 1. The highest BCUT2D eigenvalue weighted by molar-refractivity contribution is 5.91. The number of hydrogen-bond acceptors (Lipinski definition) is 3. The smallest absolute Gasteiger partial charge is 0.230 e. The predicted molar refractivity (Wildman–Crippen MR) is 88.7 cm³/mol. The highest BCUT2D eigenvalue weighted by Gasteiger charge is 2.50. The topological polar surface area (TPSA) is 47.6 Å². The van der Waals surface area contributed by atoms with E-state index in [0.717, 1.165) is 29.7 Å². The number of ether oxygens (including phenoxy) is 2. The summed E-state index contributed by atoms with van der Waals surface area (Å²) in [6.07, 6.45) is 1.81. The zero-order valence-electron chi connectivity index (χ0n) is 13.5. The van der Waals surface area contributed by atoms with E-state index in [1.165, 1.54) is 0 Å².